The SMILES string of the molecule is CC(=O)Nc1ccc(SCC2CCCCC2C(=O)NCC#N)cc1. The van der Waals surface area contributed by atoms with Crippen molar-refractivity contribution < 1.29 is 9.59 Å². The number of anilines is 1. The molecular formula is C18H23N3O2S. The lowest BCUT2D eigenvalue weighted by molar-refractivity contribution is -0.127. The molecule has 1 aromatic carbocycles. The molecule has 1 aliphatic carbocycles. The Bertz CT molecular complexity index is 610. The van der Waals surface area contributed by atoms with Gasteiger partial charge in [-0.2, -0.15) is 5.26 Å². The van der Waals surface area contributed by atoms with Gasteiger partial charge in [0.05, 0.1) is 6.07 Å². The topological polar surface area (TPSA) is 82.0 Å². The minimum absolute atomic E-state index is 0.0123. The van der Waals surface area contributed by atoms with Crippen molar-refractivity contribution >= 4 is 29.3 Å². The molecule has 0 heterocycles. The first kappa shape index (κ1) is 18.3. The first-order valence-electron chi connectivity index (χ1n) is 8.25. The van der Waals surface area contributed by atoms with E-state index in [0.29, 0.717) is 5.92 Å². The van der Waals surface area contributed by atoms with Crippen molar-refractivity contribution in [3.05, 3.63) is 24.3 Å². The number of nitriles is 1. The number of carbonyl (C=O) groups excluding carboxylic acids is 2. The fourth-order valence-corrected chi connectivity index (χ4v) is 4.19. The molecule has 2 atom stereocenters. The zero-order chi connectivity index (χ0) is 17.4. The Morgan fingerprint density at radius 3 is 2.62 bits per heavy atom. The third-order valence-electron chi connectivity index (χ3n) is 4.23. The van der Waals surface area contributed by atoms with Gasteiger partial charge in [0, 0.05) is 29.2 Å². The fraction of sp³-hybridized carbons (Fsp3) is 0.500. The molecule has 128 valence electrons. The Morgan fingerprint density at radius 2 is 1.96 bits per heavy atom. The van der Waals surface area contributed by atoms with Gasteiger partial charge in [-0.3, -0.25) is 9.59 Å². The smallest absolute Gasteiger partial charge is 0.224 e. The van der Waals surface area contributed by atoms with Crippen LogP contribution in [0.2, 0.25) is 0 Å². The van der Waals surface area contributed by atoms with E-state index < -0.39 is 0 Å². The molecule has 0 spiro atoms. The van der Waals surface area contributed by atoms with Crippen LogP contribution in [-0.2, 0) is 9.59 Å². The lowest BCUT2D eigenvalue weighted by Gasteiger charge is -2.30. The minimum atomic E-state index is -0.0798. The van der Waals surface area contributed by atoms with Crippen LogP contribution < -0.4 is 10.6 Å². The molecule has 0 aliphatic heterocycles. The highest BCUT2D eigenvalue weighted by Crippen LogP contribution is 2.34. The molecule has 2 rings (SSSR count). The van der Waals surface area contributed by atoms with Gasteiger partial charge in [-0.25, -0.2) is 0 Å². The first-order valence-corrected chi connectivity index (χ1v) is 9.24. The molecule has 1 aliphatic rings. The Balaban J connectivity index is 1.89. The van der Waals surface area contributed by atoms with Crippen LogP contribution in [0.25, 0.3) is 0 Å². The number of thioether (sulfide) groups is 1. The quantitative estimate of drug-likeness (QED) is 0.613. The lowest BCUT2D eigenvalue weighted by atomic mass is 9.80. The van der Waals surface area contributed by atoms with E-state index in [0.717, 1.165) is 42.0 Å². The average molecular weight is 345 g/mol. The molecule has 6 heteroatoms. The fourth-order valence-electron chi connectivity index (χ4n) is 3.05. The van der Waals surface area contributed by atoms with Gasteiger partial charge in [0.2, 0.25) is 11.8 Å². The first-order chi connectivity index (χ1) is 11.6. The van der Waals surface area contributed by atoms with E-state index in [9.17, 15) is 9.59 Å². The van der Waals surface area contributed by atoms with E-state index in [2.05, 4.69) is 10.6 Å². The van der Waals surface area contributed by atoms with Crippen molar-refractivity contribution in [1.29, 1.82) is 5.26 Å². The van der Waals surface area contributed by atoms with Crippen molar-refractivity contribution in [2.75, 3.05) is 17.6 Å². The van der Waals surface area contributed by atoms with Crippen LogP contribution in [0.15, 0.2) is 29.2 Å². The normalized spacial score (nSPS) is 20.0. The summed E-state index contributed by atoms with van der Waals surface area (Å²) in [7, 11) is 0. The zero-order valence-corrected chi connectivity index (χ0v) is 14.7. The number of rotatable bonds is 6. The second-order valence-corrected chi connectivity index (χ2v) is 7.14. The second-order valence-electron chi connectivity index (χ2n) is 6.04. The molecule has 0 bridgehead atoms. The summed E-state index contributed by atoms with van der Waals surface area (Å²) in [5, 5.41) is 14.1. The summed E-state index contributed by atoms with van der Waals surface area (Å²) < 4.78 is 0. The molecule has 1 saturated carbocycles. The van der Waals surface area contributed by atoms with Crippen LogP contribution in [-0.4, -0.2) is 24.1 Å². The van der Waals surface area contributed by atoms with Crippen LogP contribution >= 0.6 is 11.8 Å². The maximum absolute atomic E-state index is 12.2. The Kier molecular flexibility index (Phi) is 7.13. The molecule has 2 amide bonds. The summed E-state index contributed by atoms with van der Waals surface area (Å²) >= 11 is 1.74. The summed E-state index contributed by atoms with van der Waals surface area (Å²) in [4.78, 5) is 24.4. The monoisotopic (exact) mass is 345 g/mol. The number of benzene rings is 1. The molecule has 1 fully saturated rings. The van der Waals surface area contributed by atoms with Gasteiger partial charge < -0.3 is 10.6 Å². The number of hydrogen-bond acceptors (Lipinski definition) is 4. The van der Waals surface area contributed by atoms with Crippen LogP contribution in [0.1, 0.15) is 32.6 Å². The lowest BCUT2D eigenvalue weighted by Crippen LogP contribution is -2.37. The van der Waals surface area contributed by atoms with Gasteiger partial charge in [0.25, 0.3) is 0 Å². The number of nitrogens with one attached hydrogen (secondary N) is 2. The van der Waals surface area contributed by atoms with Crippen molar-refractivity contribution in [3.8, 4) is 6.07 Å². The van der Waals surface area contributed by atoms with E-state index in [1.165, 1.54) is 6.92 Å². The summed E-state index contributed by atoms with van der Waals surface area (Å²) in [5.41, 5.74) is 0.790. The summed E-state index contributed by atoms with van der Waals surface area (Å²) in [6.45, 7) is 1.57. The Labute approximate surface area is 147 Å². The van der Waals surface area contributed by atoms with Crippen molar-refractivity contribution in [3.63, 3.8) is 0 Å². The maximum Gasteiger partial charge on any atom is 0.224 e. The van der Waals surface area contributed by atoms with Gasteiger partial charge in [-0.15, -0.1) is 11.8 Å². The predicted molar refractivity (Wildman–Crippen MR) is 95.5 cm³/mol. The summed E-state index contributed by atoms with van der Waals surface area (Å²) in [6.07, 6.45) is 4.21. The molecule has 5 nitrogen and oxygen atoms in total. The van der Waals surface area contributed by atoms with Gasteiger partial charge >= 0.3 is 0 Å². The Morgan fingerprint density at radius 1 is 1.25 bits per heavy atom. The maximum atomic E-state index is 12.2. The highest BCUT2D eigenvalue weighted by Gasteiger charge is 2.30. The highest BCUT2D eigenvalue weighted by atomic mass is 32.2. The zero-order valence-electron chi connectivity index (χ0n) is 13.9. The van der Waals surface area contributed by atoms with Crippen LogP contribution in [0.3, 0.4) is 0 Å². The van der Waals surface area contributed by atoms with Crippen LogP contribution in [0.5, 0.6) is 0 Å². The van der Waals surface area contributed by atoms with Crippen molar-refractivity contribution in [1.82, 2.24) is 5.32 Å². The molecule has 2 unspecified atom stereocenters. The molecular weight excluding hydrogens is 322 g/mol. The largest absolute Gasteiger partial charge is 0.343 e. The Hall–Kier alpha value is -2.00. The van der Waals surface area contributed by atoms with E-state index >= 15 is 0 Å². The number of hydrogen-bond donors (Lipinski definition) is 2. The molecule has 0 radical (unpaired) electrons. The number of carbonyl (C=O) groups is 2. The van der Waals surface area contributed by atoms with Crippen LogP contribution in [0.4, 0.5) is 5.69 Å². The van der Waals surface area contributed by atoms with Gasteiger partial charge in [0.1, 0.15) is 6.54 Å². The average Bonchev–Trinajstić information content (AvgIpc) is 2.59. The number of amides is 2. The van der Waals surface area contributed by atoms with Crippen LogP contribution in [0, 0.1) is 23.2 Å². The summed E-state index contributed by atoms with van der Waals surface area (Å²) in [5.74, 6) is 1.19. The van der Waals surface area contributed by atoms with Gasteiger partial charge in [-0.1, -0.05) is 12.8 Å². The van der Waals surface area contributed by atoms with E-state index in [1.807, 2.05) is 30.3 Å². The second kappa shape index (κ2) is 9.33. The third kappa shape index (κ3) is 5.57. The third-order valence-corrected chi connectivity index (χ3v) is 5.43. The van der Waals surface area contributed by atoms with Crippen molar-refractivity contribution in [2.45, 2.75) is 37.5 Å². The van der Waals surface area contributed by atoms with Gasteiger partial charge in [-0.05, 0) is 43.0 Å². The minimum Gasteiger partial charge on any atom is -0.343 e. The number of nitrogens with zero attached hydrogens (tertiary/aromatic N) is 1. The standard InChI is InChI=1S/C18H23N3O2S/c1-13(22)21-15-6-8-16(9-7-15)24-12-14-4-2-3-5-17(14)18(23)20-11-10-19/h6-9,14,17H,2-5,11-12H2,1H3,(H,20,23)(H,21,22). The predicted octanol–water partition coefficient (Wildman–Crippen LogP) is 3.18. The highest BCUT2D eigenvalue weighted by molar-refractivity contribution is 7.99. The van der Waals surface area contributed by atoms with E-state index in [4.69, 9.17) is 5.26 Å². The molecule has 0 aromatic heterocycles. The van der Waals surface area contributed by atoms with E-state index in [-0.39, 0.29) is 24.3 Å². The molecule has 1 aromatic rings. The van der Waals surface area contributed by atoms with Gasteiger partial charge in [0.15, 0.2) is 0 Å². The van der Waals surface area contributed by atoms with E-state index in [1.54, 1.807) is 11.8 Å². The summed E-state index contributed by atoms with van der Waals surface area (Å²) in [6, 6.07) is 9.72. The molecule has 0 saturated heterocycles. The molecule has 2 N–H and O–H groups in total. The van der Waals surface area contributed by atoms with Crippen molar-refractivity contribution in [2.24, 2.45) is 11.8 Å². The molecule has 24 heavy (non-hydrogen) atoms.